The maximum atomic E-state index is 3.69. The summed E-state index contributed by atoms with van der Waals surface area (Å²) in [6.07, 6.45) is 2.82. The fourth-order valence-electron chi connectivity index (χ4n) is 3.93. The molecule has 2 heterocycles. The number of fused-ring (bicyclic) bond motifs is 1. The van der Waals surface area contributed by atoms with Crippen molar-refractivity contribution in [2.75, 3.05) is 32.7 Å². The van der Waals surface area contributed by atoms with E-state index in [1.54, 1.807) is 0 Å². The van der Waals surface area contributed by atoms with Gasteiger partial charge in [0, 0.05) is 37.8 Å². The van der Waals surface area contributed by atoms with Gasteiger partial charge in [-0.05, 0) is 44.7 Å². The van der Waals surface area contributed by atoms with Gasteiger partial charge in [-0.25, -0.2) is 0 Å². The van der Waals surface area contributed by atoms with Crippen molar-refractivity contribution in [2.45, 2.75) is 65.6 Å². The van der Waals surface area contributed by atoms with Crippen molar-refractivity contribution in [3.8, 4) is 0 Å². The summed E-state index contributed by atoms with van der Waals surface area (Å²) in [5, 5.41) is 3.69. The Bertz CT molecular complexity index is 290. The molecule has 0 aliphatic carbocycles. The quantitative estimate of drug-likeness (QED) is 0.807. The first kappa shape index (κ1) is 16.3. The maximum Gasteiger partial charge on any atom is 0.0247 e. The predicted octanol–water partition coefficient (Wildman–Crippen LogP) is 2.43. The summed E-state index contributed by atoms with van der Waals surface area (Å²) in [5.41, 5.74) is 0. The Kier molecular flexibility index (Phi) is 5.88. The molecule has 3 heteroatoms. The van der Waals surface area contributed by atoms with Crippen LogP contribution in [-0.2, 0) is 0 Å². The third-order valence-electron chi connectivity index (χ3n) is 5.09. The molecule has 2 aliphatic rings. The van der Waals surface area contributed by atoms with Crippen LogP contribution in [-0.4, -0.2) is 60.6 Å². The second-order valence-corrected chi connectivity index (χ2v) is 7.70. The summed E-state index contributed by atoms with van der Waals surface area (Å²) in [5.74, 6) is 1.47. The van der Waals surface area contributed by atoms with E-state index in [9.17, 15) is 0 Å². The standard InChI is InChI=1S/C17H35N3/c1-13(2)9-18-10-17(14(3)4)20-12-16-7-6-8-19(16)11-15(20)5/h13-18H,6-12H2,1-5H3. The minimum absolute atomic E-state index is 0.687. The normalized spacial score (nSPS) is 30.1. The molecule has 2 aliphatic heterocycles. The van der Waals surface area contributed by atoms with Crippen molar-refractivity contribution < 1.29 is 0 Å². The van der Waals surface area contributed by atoms with Crippen LogP contribution >= 0.6 is 0 Å². The molecule has 3 atom stereocenters. The van der Waals surface area contributed by atoms with E-state index < -0.39 is 0 Å². The molecule has 3 nitrogen and oxygen atoms in total. The average molecular weight is 281 g/mol. The molecule has 118 valence electrons. The van der Waals surface area contributed by atoms with Crippen LogP contribution < -0.4 is 5.32 Å². The molecule has 2 rings (SSSR count). The second kappa shape index (κ2) is 7.24. The number of nitrogens with one attached hydrogen (secondary N) is 1. The molecule has 0 saturated carbocycles. The average Bonchev–Trinajstić information content (AvgIpc) is 2.80. The van der Waals surface area contributed by atoms with Gasteiger partial charge in [0.2, 0.25) is 0 Å². The van der Waals surface area contributed by atoms with Gasteiger partial charge in [0.05, 0.1) is 0 Å². The number of rotatable bonds is 6. The summed E-state index contributed by atoms with van der Waals surface area (Å²) in [6, 6.07) is 2.22. The second-order valence-electron chi connectivity index (χ2n) is 7.70. The predicted molar refractivity (Wildman–Crippen MR) is 87.1 cm³/mol. The highest BCUT2D eigenvalue weighted by Crippen LogP contribution is 2.27. The third-order valence-corrected chi connectivity index (χ3v) is 5.09. The summed E-state index contributed by atoms with van der Waals surface area (Å²) in [6.45, 7) is 18.0. The highest BCUT2D eigenvalue weighted by molar-refractivity contribution is 4.94. The van der Waals surface area contributed by atoms with Crippen molar-refractivity contribution in [1.82, 2.24) is 15.1 Å². The first-order valence-corrected chi connectivity index (χ1v) is 8.69. The zero-order chi connectivity index (χ0) is 14.7. The third kappa shape index (κ3) is 3.96. The molecule has 3 unspecified atom stereocenters. The van der Waals surface area contributed by atoms with Crippen molar-refractivity contribution in [3.63, 3.8) is 0 Å². The van der Waals surface area contributed by atoms with Gasteiger partial charge in [-0.2, -0.15) is 0 Å². The van der Waals surface area contributed by atoms with Crippen LogP contribution in [0.25, 0.3) is 0 Å². The molecule has 1 N–H and O–H groups in total. The van der Waals surface area contributed by atoms with Crippen molar-refractivity contribution in [2.24, 2.45) is 11.8 Å². The van der Waals surface area contributed by atoms with Crippen LogP contribution in [0.4, 0.5) is 0 Å². The van der Waals surface area contributed by atoms with Gasteiger partial charge in [-0.1, -0.05) is 27.7 Å². The maximum absolute atomic E-state index is 3.69. The van der Waals surface area contributed by atoms with Crippen molar-refractivity contribution in [1.29, 1.82) is 0 Å². The molecule has 2 fully saturated rings. The molecular weight excluding hydrogens is 246 g/mol. The van der Waals surface area contributed by atoms with Crippen LogP contribution in [0.1, 0.15) is 47.5 Å². The van der Waals surface area contributed by atoms with E-state index in [1.807, 2.05) is 0 Å². The van der Waals surface area contributed by atoms with Crippen LogP contribution in [0.5, 0.6) is 0 Å². The first-order chi connectivity index (χ1) is 9.49. The SMILES string of the molecule is CC(C)CNCC(C(C)C)N1CC2CCCN2CC1C. The van der Waals surface area contributed by atoms with Gasteiger partial charge < -0.3 is 5.32 Å². The van der Waals surface area contributed by atoms with Crippen LogP contribution in [0.2, 0.25) is 0 Å². The van der Waals surface area contributed by atoms with Crippen LogP contribution in [0, 0.1) is 11.8 Å². The molecule has 0 aromatic rings. The smallest absolute Gasteiger partial charge is 0.0247 e. The first-order valence-electron chi connectivity index (χ1n) is 8.69. The van der Waals surface area contributed by atoms with Gasteiger partial charge in [-0.3, -0.25) is 9.80 Å². The molecule has 0 aromatic carbocycles. The summed E-state index contributed by atoms with van der Waals surface area (Å²) >= 11 is 0. The Hall–Kier alpha value is -0.120. The number of nitrogens with zero attached hydrogens (tertiary/aromatic N) is 2. The molecule has 0 radical (unpaired) electrons. The fraction of sp³-hybridized carbons (Fsp3) is 1.00. The molecule has 20 heavy (non-hydrogen) atoms. The molecule has 0 spiro atoms. The highest BCUT2D eigenvalue weighted by atomic mass is 15.3. The summed E-state index contributed by atoms with van der Waals surface area (Å²) in [4.78, 5) is 5.52. The lowest BCUT2D eigenvalue weighted by molar-refractivity contribution is 0.0132. The molecule has 2 saturated heterocycles. The monoisotopic (exact) mass is 281 g/mol. The van der Waals surface area contributed by atoms with E-state index in [2.05, 4.69) is 49.7 Å². The lowest BCUT2D eigenvalue weighted by Crippen LogP contribution is -2.61. The van der Waals surface area contributed by atoms with E-state index in [1.165, 1.54) is 32.5 Å². The molecule has 0 amide bonds. The zero-order valence-electron chi connectivity index (χ0n) is 14.2. The van der Waals surface area contributed by atoms with Crippen LogP contribution in [0.15, 0.2) is 0 Å². The minimum Gasteiger partial charge on any atom is -0.315 e. The van der Waals surface area contributed by atoms with Crippen molar-refractivity contribution >= 4 is 0 Å². The van der Waals surface area contributed by atoms with E-state index in [0.29, 0.717) is 12.1 Å². The van der Waals surface area contributed by atoms with E-state index in [0.717, 1.165) is 31.0 Å². The number of hydrogen-bond donors (Lipinski definition) is 1. The van der Waals surface area contributed by atoms with Gasteiger partial charge >= 0.3 is 0 Å². The lowest BCUT2D eigenvalue weighted by atomic mass is 9.97. The Balaban J connectivity index is 1.93. The van der Waals surface area contributed by atoms with E-state index in [-0.39, 0.29) is 0 Å². The highest BCUT2D eigenvalue weighted by Gasteiger charge is 2.37. The zero-order valence-corrected chi connectivity index (χ0v) is 14.2. The molecular formula is C17H35N3. The van der Waals surface area contributed by atoms with Gasteiger partial charge in [0.25, 0.3) is 0 Å². The van der Waals surface area contributed by atoms with Gasteiger partial charge in [-0.15, -0.1) is 0 Å². The Morgan fingerprint density at radius 1 is 1.10 bits per heavy atom. The topological polar surface area (TPSA) is 18.5 Å². The lowest BCUT2D eigenvalue weighted by Gasteiger charge is -2.47. The van der Waals surface area contributed by atoms with Crippen molar-refractivity contribution in [3.05, 3.63) is 0 Å². The van der Waals surface area contributed by atoms with Crippen LogP contribution in [0.3, 0.4) is 0 Å². The Morgan fingerprint density at radius 2 is 1.85 bits per heavy atom. The minimum atomic E-state index is 0.687. The fourth-order valence-corrected chi connectivity index (χ4v) is 3.93. The number of hydrogen-bond acceptors (Lipinski definition) is 3. The largest absolute Gasteiger partial charge is 0.315 e. The number of piperazine rings is 1. The summed E-state index contributed by atoms with van der Waals surface area (Å²) < 4.78 is 0. The Morgan fingerprint density at radius 3 is 2.50 bits per heavy atom. The van der Waals surface area contributed by atoms with E-state index in [4.69, 9.17) is 0 Å². The van der Waals surface area contributed by atoms with Gasteiger partial charge in [0.1, 0.15) is 0 Å². The summed E-state index contributed by atoms with van der Waals surface area (Å²) in [7, 11) is 0. The van der Waals surface area contributed by atoms with Gasteiger partial charge in [0.15, 0.2) is 0 Å². The molecule has 0 aromatic heterocycles. The van der Waals surface area contributed by atoms with E-state index >= 15 is 0 Å². The molecule has 0 bridgehead atoms. The Labute approximate surface area is 126 Å².